The van der Waals surface area contributed by atoms with Gasteiger partial charge < -0.3 is 9.15 Å². The SMILES string of the molecule is COC(=O)CCSCc1cc(C(=O)NN)c(C)o1. The molecule has 0 fully saturated rings. The van der Waals surface area contributed by atoms with Gasteiger partial charge in [-0.2, -0.15) is 11.8 Å². The average molecular weight is 272 g/mol. The normalized spacial score (nSPS) is 10.2. The number of thioether (sulfide) groups is 1. The van der Waals surface area contributed by atoms with Gasteiger partial charge in [0.1, 0.15) is 11.5 Å². The zero-order chi connectivity index (χ0) is 13.5. The monoisotopic (exact) mass is 272 g/mol. The fourth-order valence-electron chi connectivity index (χ4n) is 1.35. The highest BCUT2D eigenvalue weighted by Gasteiger charge is 2.13. The first-order valence-corrected chi connectivity index (χ1v) is 6.48. The number of furan rings is 1. The van der Waals surface area contributed by atoms with E-state index in [1.807, 2.05) is 0 Å². The number of carbonyl (C=O) groups is 2. The van der Waals surface area contributed by atoms with Gasteiger partial charge in [-0.3, -0.25) is 15.0 Å². The van der Waals surface area contributed by atoms with Crippen molar-refractivity contribution in [1.82, 2.24) is 5.43 Å². The Morgan fingerprint density at radius 2 is 2.28 bits per heavy atom. The van der Waals surface area contributed by atoms with E-state index in [9.17, 15) is 9.59 Å². The Morgan fingerprint density at radius 1 is 1.56 bits per heavy atom. The molecule has 0 aliphatic carbocycles. The number of nitrogen functional groups attached to an aromatic ring is 1. The van der Waals surface area contributed by atoms with Crippen LogP contribution in [0.3, 0.4) is 0 Å². The van der Waals surface area contributed by atoms with Crippen molar-refractivity contribution < 1.29 is 18.7 Å². The molecule has 18 heavy (non-hydrogen) atoms. The van der Waals surface area contributed by atoms with E-state index in [-0.39, 0.29) is 11.9 Å². The van der Waals surface area contributed by atoms with Gasteiger partial charge in [0.2, 0.25) is 0 Å². The molecule has 1 heterocycles. The summed E-state index contributed by atoms with van der Waals surface area (Å²) >= 11 is 1.53. The fraction of sp³-hybridized carbons (Fsp3) is 0.455. The Labute approximate surface area is 109 Å². The van der Waals surface area contributed by atoms with Crippen molar-refractivity contribution >= 4 is 23.6 Å². The molecule has 1 aromatic rings. The van der Waals surface area contributed by atoms with Gasteiger partial charge in [-0.25, -0.2) is 5.84 Å². The summed E-state index contributed by atoms with van der Waals surface area (Å²) in [6.07, 6.45) is 0.358. The second-order valence-electron chi connectivity index (χ2n) is 3.53. The number of rotatable bonds is 6. The van der Waals surface area contributed by atoms with E-state index in [1.165, 1.54) is 18.9 Å². The predicted molar refractivity (Wildman–Crippen MR) is 67.9 cm³/mol. The Kier molecular flexibility index (Phi) is 5.73. The van der Waals surface area contributed by atoms with E-state index in [0.29, 0.717) is 35.0 Å². The number of methoxy groups -OCH3 is 1. The van der Waals surface area contributed by atoms with Crippen LogP contribution in [0.15, 0.2) is 10.5 Å². The molecule has 1 amide bonds. The van der Waals surface area contributed by atoms with Crippen LogP contribution in [0.4, 0.5) is 0 Å². The second kappa shape index (κ2) is 7.07. The first-order valence-electron chi connectivity index (χ1n) is 5.33. The van der Waals surface area contributed by atoms with Crippen LogP contribution in [0.2, 0.25) is 0 Å². The molecule has 0 atom stereocenters. The summed E-state index contributed by atoms with van der Waals surface area (Å²) in [6.45, 7) is 1.70. The van der Waals surface area contributed by atoms with Crippen molar-refractivity contribution in [2.45, 2.75) is 19.1 Å². The quantitative estimate of drug-likeness (QED) is 0.264. The Morgan fingerprint density at radius 3 is 2.89 bits per heavy atom. The van der Waals surface area contributed by atoms with Gasteiger partial charge in [-0.15, -0.1) is 0 Å². The van der Waals surface area contributed by atoms with Crippen molar-refractivity contribution in [3.8, 4) is 0 Å². The third-order valence-corrected chi connectivity index (χ3v) is 3.25. The van der Waals surface area contributed by atoms with Crippen molar-refractivity contribution in [2.75, 3.05) is 12.9 Å². The minimum Gasteiger partial charge on any atom is -0.469 e. The highest BCUT2D eigenvalue weighted by molar-refractivity contribution is 7.98. The Bertz CT molecular complexity index is 431. The maximum absolute atomic E-state index is 11.3. The maximum atomic E-state index is 11.3. The van der Waals surface area contributed by atoms with Crippen LogP contribution in [0.1, 0.15) is 28.3 Å². The molecule has 1 aromatic heterocycles. The minimum atomic E-state index is -0.373. The van der Waals surface area contributed by atoms with Gasteiger partial charge >= 0.3 is 5.97 Å². The number of hydrogen-bond donors (Lipinski definition) is 2. The standard InChI is InChI=1S/C11H16N2O4S/c1-7-9(11(15)13-12)5-8(17-7)6-18-4-3-10(14)16-2/h5H,3-4,6,12H2,1-2H3,(H,13,15). The average Bonchev–Trinajstić information content (AvgIpc) is 2.74. The lowest BCUT2D eigenvalue weighted by molar-refractivity contribution is -0.140. The second-order valence-corrected chi connectivity index (χ2v) is 4.64. The molecule has 0 saturated heterocycles. The number of ether oxygens (including phenoxy) is 1. The summed E-state index contributed by atoms with van der Waals surface area (Å²) < 4.78 is 9.95. The Balaban J connectivity index is 2.44. The Hall–Kier alpha value is -1.47. The summed E-state index contributed by atoms with van der Waals surface area (Å²) in [4.78, 5) is 22.2. The van der Waals surface area contributed by atoms with Gasteiger partial charge in [-0.05, 0) is 13.0 Å². The molecular formula is C11H16N2O4S. The van der Waals surface area contributed by atoms with Crippen LogP contribution in [0.25, 0.3) is 0 Å². The number of hydrogen-bond acceptors (Lipinski definition) is 6. The van der Waals surface area contributed by atoms with Crippen LogP contribution < -0.4 is 11.3 Å². The number of esters is 1. The van der Waals surface area contributed by atoms with Crippen molar-refractivity contribution in [1.29, 1.82) is 0 Å². The van der Waals surface area contributed by atoms with Crippen molar-refractivity contribution in [3.63, 3.8) is 0 Å². The number of amides is 1. The van der Waals surface area contributed by atoms with Crippen LogP contribution in [0.5, 0.6) is 0 Å². The number of nitrogens with two attached hydrogens (primary N) is 1. The summed E-state index contributed by atoms with van der Waals surface area (Å²) in [5.41, 5.74) is 2.49. The van der Waals surface area contributed by atoms with Gasteiger partial charge in [0.15, 0.2) is 0 Å². The summed E-state index contributed by atoms with van der Waals surface area (Å²) in [5, 5.41) is 0. The molecule has 0 aliphatic rings. The summed E-state index contributed by atoms with van der Waals surface area (Å²) in [6, 6.07) is 1.66. The van der Waals surface area contributed by atoms with Gasteiger partial charge in [0.25, 0.3) is 5.91 Å². The van der Waals surface area contributed by atoms with E-state index < -0.39 is 0 Å². The molecule has 7 heteroatoms. The predicted octanol–water partition coefficient (Wildman–Crippen LogP) is 0.988. The molecular weight excluding hydrogens is 256 g/mol. The van der Waals surface area contributed by atoms with Gasteiger partial charge in [0, 0.05) is 5.75 Å². The first-order chi connectivity index (χ1) is 8.58. The van der Waals surface area contributed by atoms with Crippen LogP contribution in [-0.4, -0.2) is 24.7 Å². The molecule has 0 aliphatic heterocycles. The topological polar surface area (TPSA) is 94.6 Å². The smallest absolute Gasteiger partial charge is 0.306 e. The number of nitrogens with one attached hydrogen (secondary N) is 1. The fourth-order valence-corrected chi connectivity index (χ4v) is 2.15. The molecule has 0 bridgehead atoms. The van der Waals surface area contributed by atoms with Crippen LogP contribution in [0, 0.1) is 6.92 Å². The molecule has 100 valence electrons. The van der Waals surface area contributed by atoms with E-state index in [0.717, 1.165) is 0 Å². The zero-order valence-corrected chi connectivity index (χ0v) is 11.1. The third-order valence-electron chi connectivity index (χ3n) is 2.27. The molecule has 0 aromatic carbocycles. The van der Waals surface area contributed by atoms with E-state index in [4.69, 9.17) is 10.3 Å². The van der Waals surface area contributed by atoms with Gasteiger partial charge in [0.05, 0.1) is 24.8 Å². The zero-order valence-electron chi connectivity index (χ0n) is 10.3. The molecule has 0 radical (unpaired) electrons. The minimum absolute atomic E-state index is 0.235. The van der Waals surface area contributed by atoms with E-state index in [1.54, 1.807) is 13.0 Å². The maximum Gasteiger partial charge on any atom is 0.306 e. The van der Waals surface area contributed by atoms with Crippen molar-refractivity contribution in [2.24, 2.45) is 5.84 Å². The van der Waals surface area contributed by atoms with E-state index >= 15 is 0 Å². The molecule has 0 unspecified atom stereocenters. The molecule has 1 rings (SSSR count). The third kappa shape index (κ3) is 4.08. The number of carbonyl (C=O) groups excluding carboxylic acids is 2. The van der Waals surface area contributed by atoms with Crippen LogP contribution in [-0.2, 0) is 15.3 Å². The lowest BCUT2D eigenvalue weighted by Crippen LogP contribution is -2.30. The lowest BCUT2D eigenvalue weighted by atomic mass is 10.2. The molecule has 0 saturated carbocycles. The summed E-state index contributed by atoms with van der Waals surface area (Å²) in [7, 11) is 1.36. The largest absolute Gasteiger partial charge is 0.469 e. The highest BCUT2D eigenvalue weighted by atomic mass is 32.2. The van der Waals surface area contributed by atoms with E-state index in [2.05, 4.69) is 10.2 Å². The summed E-state index contributed by atoms with van der Waals surface area (Å²) in [5.74, 6) is 6.89. The lowest BCUT2D eigenvalue weighted by Gasteiger charge is -1.98. The van der Waals surface area contributed by atoms with Gasteiger partial charge in [-0.1, -0.05) is 0 Å². The molecule has 3 N–H and O–H groups in total. The molecule has 0 spiro atoms. The van der Waals surface area contributed by atoms with Crippen molar-refractivity contribution in [3.05, 3.63) is 23.2 Å². The molecule has 6 nitrogen and oxygen atoms in total. The highest BCUT2D eigenvalue weighted by Crippen LogP contribution is 2.19. The van der Waals surface area contributed by atoms with Crippen LogP contribution >= 0.6 is 11.8 Å². The number of hydrazine groups is 1. The number of aryl methyl sites for hydroxylation is 1. The first kappa shape index (κ1) is 14.6.